The van der Waals surface area contributed by atoms with Crippen LogP contribution in [0.2, 0.25) is 0 Å². The van der Waals surface area contributed by atoms with Gasteiger partial charge in [0, 0.05) is 12.7 Å². The number of aromatic nitrogens is 1. The highest BCUT2D eigenvalue weighted by Crippen LogP contribution is 2.17. The van der Waals surface area contributed by atoms with Crippen LogP contribution in [0.15, 0.2) is 4.79 Å². The maximum atomic E-state index is 12.0. The van der Waals surface area contributed by atoms with E-state index in [2.05, 4.69) is 5.32 Å². The van der Waals surface area contributed by atoms with Gasteiger partial charge in [0.2, 0.25) is 0 Å². The Labute approximate surface area is 93.7 Å². The molecule has 0 aliphatic rings. The van der Waals surface area contributed by atoms with Gasteiger partial charge < -0.3 is 10.4 Å². The van der Waals surface area contributed by atoms with Gasteiger partial charge >= 0.3 is 5.97 Å². The molecule has 1 heterocycles. The van der Waals surface area contributed by atoms with E-state index in [4.69, 9.17) is 5.11 Å². The molecule has 5 nitrogen and oxygen atoms in total. The molecule has 0 atom stereocenters. The average Bonchev–Trinajstić information content (AvgIpc) is 2.22. The van der Waals surface area contributed by atoms with E-state index in [0.717, 1.165) is 11.1 Å². The summed E-state index contributed by atoms with van der Waals surface area (Å²) < 4.78 is 1.27. The molecule has 0 saturated heterocycles. The first kappa shape index (κ1) is 12.3. The average molecular weight is 224 g/mol. The van der Waals surface area contributed by atoms with Gasteiger partial charge in [-0.2, -0.15) is 0 Å². The van der Waals surface area contributed by atoms with E-state index in [1.807, 2.05) is 13.8 Å². The minimum Gasteiger partial charge on any atom is -0.480 e. The number of nitrogens with zero attached hydrogens (tertiary/aromatic N) is 1. The SMILES string of the molecule is CNc1c(C)c(C)c(C)n(CC(=O)O)c1=O. The van der Waals surface area contributed by atoms with Crippen molar-refractivity contribution in [3.05, 3.63) is 27.2 Å². The fraction of sp³-hybridized carbons (Fsp3) is 0.455. The summed E-state index contributed by atoms with van der Waals surface area (Å²) in [6, 6.07) is 0. The minimum absolute atomic E-state index is 0.287. The molecule has 0 saturated carbocycles. The lowest BCUT2D eigenvalue weighted by Gasteiger charge is -2.16. The first-order valence-corrected chi connectivity index (χ1v) is 5.00. The third-order valence-electron chi connectivity index (χ3n) is 2.89. The van der Waals surface area contributed by atoms with Crippen molar-refractivity contribution in [3.8, 4) is 0 Å². The van der Waals surface area contributed by atoms with Crippen LogP contribution in [0.25, 0.3) is 0 Å². The standard InChI is InChI=1S/C11H16N2O3/c1-6-7(2)10(12-4)11(16)13(8(6)3)5-9(14)15/h12H,5H2,1-4H3,(H,14,15). The van der Waals surface area contributed by atoms with Gasteiger partial charge in [-0.05, 0) is 31.9 Å². The number of rotatable bonds is 3. The van der Waals surface area contributed by atoms with Crippen LogP contribution in [0.3, 0.4) is 0 Å². The molecule has 0 aromatic carbocycles. The Morgan fingerprint density at radius 3 is 2.31 bits per heavy atom. The number of carboxylic acid groups (broad SMARTS) is 1. The van der Waals surface area contributed by atoms with Crippen molar-refractivity contribution in [2.24, 2.45) is 0 Å². The Bertz CT molecular complexity index is 489. The molecule has 0 radical (unpaired) electrons. The number of pyridine rings is 1. The van der Waals surface area contributed by atoms with Crippen LogP contribution in [0, 0.1) is 20.8 Å². The largest absolute Gasteiger partial charge is 0.480 e. The number of hydrogen-bond donors (Lipinski definition) is 2. The van der Waals surface area contributed by atoms with Crippen LogP contribution in [-0.4, -0.2) is 22.7 Å². The van der Waals surface area contributed by atoms with E-state index >= 15 is 0 Å². The molecule has 0 fully saturated rings. The maximum Gasteiger partial charge on any atom is 0.323 e. The van der Waals surface area contributed by atoms with E-state index < -0.39 is 5.97 Å². The van der Waals surface area contributed by atoms with Crippen molar-refractivity contribution in [1.82, 2.24) is 4.57 Å². The highest BCUT2D eigenvalue weighted by atomic mass is 16.4. The quantitative estimate of drug-likeness (QED) is 0.800. The zero-order valence-electron chi connectivity index (χ0n) is 9.92. The minimum atomic E-state index is -1.02. The summed E-state index contributed by atoms with van der Waals surface area (Å²) in [4.78, 5) is 22.7. The van der Waals surface area contributed by atoms with Gasteiger partial charge in [0.25, 0.3) is 5.56 Å². The molecule has 1 aromatic heterocycles. The van der Waals surface area contributed by atoms with Crippen LogP contribution in [0.4, 0.5) is 5.69 Å². The van der Waals surface area contributed by atoms with Crippen LogP contribution < -0.4 is 10.9 Å². The summed E-state index contributed by atoms with van der Waals surface area (Å²) in [5.74, 6) is -1.02. The number of hydrogen-bond acceptors (Lipinski definition) is 3. The molecule has 1 aromatic rings. The van der Waals surface area contributed by atoms with Gasteiger partial charge in [0.05, 0.1) is 0 Å². The van der Waals surface area contributed by atoms with Crippen molar-refractivity contribution in [2.75, 3.05) is 12.4 Å². The first-order valence-electron chi connectivity index (χ1n) is 5.00. The molecule has 5 heteroatoms. The Morgan fingerprint density at radius 1 is 1.31 bits per heavy atom. The number of carboxylic acids is 1. The fourth-order valence-electron chi connectivity index (χ4n) is 1.73. The normalized spacial score (nSPS) is 10.2. The van der Waals surface area contributed by atoms with Crippen molar-refractivity contribution in [2.45, 2.75) is 27.3 Å². The molecule has 0 aliphatic carbocycles. The molecule has 1 rings (SSSR count). The highest BCUT2D eigenvalue weighted by molar-refractivity contribution is 5.67. The van der Waals surface area contributed by atoms with Crippen LogP contribution in [0.5, 0.6) is 0 Å². The molecular weight excluding hydrogens is 208 g/mol. The smallest absolute Gasteiger partial charge is 0.323 e. The van der Waals surface area contributed by atoms with Crippen molar-refractivity contribution < 1.29 is 9.90 Å². The van der Waals surface area contributed by atoms with Crippen LogP contribution >= 0.6 is 0 Å². The molecule has 0 amide bonds. The van der Waals surface area contributed by atoms with Gasteiger partial charge in [-0.15, -0.1) is 0 Å². The number of anilines is 1. The number of carbonyl (C=O) groups is 1. The second kappa shape index (κ2) is 4.38. The second-order valence-electron chi connectivity index (χ2n) is 3.75. The molecule has 16 heavy (non-hydrogen) atoms. The van der Waals surface area contributed by atoms with Gasteiger partial charge in [0.15, 0.2) is 0 Å². The van der Waals surface area contributed by atoms with E-state index in [1.165, 1.54) is 4.57 Å². The predicted octanol–water partition coefficient (Wildman–Crippen LogP) is 0.900. The lowest BCUT2D eigenvalue weighted by atomic mass is 10.1. The molecular formula is C11H16N2O3. The van der Waals surface area contributed by atoms with E-state index in [0.29, 0.717) is 11.4 Å². The Hall–Kier alpha value is -1.78. The first-order chi connectivity index (χ1) is 7.40. The zero-order valence-corrected chi connectivity index (χ0v) is 9.92. The molecule has 0 spiro atoms. The Balaban J connectivity index is 3.55. The number of nitrogens with one attached hydrogen (secondary N) is 1. The Kier molecular flexibility index (Phi) is 3.37. The molecule has 0 unspecified atom stereocenters. The molecule has 0 bridgehead atoms. The molecule has 2 N–H and O–H groups in total. The summed E-state index contributed by atoms with van der Waals surface area (Å²) >= 11 is 0. The monoisotopic (exact) mass is 224 g/mol. The van der Waals surface area contributed by atoms with Crippen LogP contribution in [-0.2, 0) is 11.3 Å². The number of aliphatic carboxylic acids is 1. The van der Waals surface area contributed by atoms with E-state index in [-0.39, 0.29) is 12.1 Å². The lowest BCUT2D eigenvalue weighted by Crippen LogP contribution is -2.29. The Morgan fingerprint density at radius 2 is 1.88 bits per heavy atom. The third-order valence-corrected chi connectivity index (χ3v) is 2.89. The zero-order chi connectivity index (χ0) is 12.5. The van der Waals surface area contributed by atoms with Gasteiger partial charge in [0.1, 0.15) is 12.2 Å². The van der Waals surface area contributed by atoms with Crippen molar-refractivity contribution in [1.29, 1.82) is 0 Å². The summed E-state index contributed by atoms with van der Waals surface area (Å²) in [5, 5.41) is 11.6. The molecule has 0 aliphatic heterocycles. The molecule has 88 valence electrons. The van der Waals surface area contributed by atoms with Crippen molar-refractivity contribution in [3.63, 3.8) is 0 Å². The van der Waals surface area contributed by atoms with E-state index in [1.54, 1.807) is 14.0 Å². The summed E-state index contributed by atoms with van der Waals surface area (Å²) in [7, 11) is 1.66. The van der Waals surface area contributed by atoms with E-state index in [9.17, 15) is 9.59 Å². The van der Waals surface area contributed by atoms with Gasteiger partial charge in [-0.3, -0.25) is 14.2 Å². The predicted molar refractivity (Wildman–Crippen MR) is 62.1 cm³/mol. The topological polar surface area (TPSA) is 71.3 Å². The lowest BCUT2D eigenvalue weighted by molar-refractivity contribution is -0.137. The third kappa shape index (κ3) is 1.93. The highest BCUT2D eigenvalue weighted by Gasteiger charge is 2.14. The summed E-state index contributed by atoms with van der Waals surface area (Å²) in [5.41, 5.74) is 2.68. The van der Waals surface area contributed by atoms with Gasteiger partial charge in [-0.25, -0.2) is 0 Å². The second-order valence-corrected chi connectivity index (χ2v) is 3.75. The maximum absolute atomic E-state index is 12.0. The van der Waals surface area contributed by atoms with Gasteiger partial charge in [-0.1, -0.05) is 0 Å². The summed E-state index contributed by atoms with van der Waals surface area (Å²) in [6.07, 6.45) is 0. The van der Waals surface area contributed by atoms with Crippen molar-refractivity contribution >= 4 is 11.7 Å². The summed E-state index contributed by atoms with van der Waals surface area (Å²) in [6.45, 7) is 5.18. The fourth-order valence-corrected chi connectivity index (χ4v) is 1.73. The van der Waals surface area contributed by atoms with Crippen LogP contribution in [0.1, 0.15) is 16.8 Å².